The molecule has 0 aliphatic heterocycles. The molecule has 0 spiro atoms. The Kier molecular flexibility index (Phi) is 3.65. The molecule has 3 aromatic rings. The number of rotatable bonds is 5. The Balaban J connectivity index is 1.75. The monoisotopic (exact) mass is 342 g/mol. The number of carbonyl (C=O) groups excluding carboxylic acids is 1. The second-order valence-electron chi connectivity index (χ2n) is 5.99. The molecule has 4 rings (SSSR count). The number of para-hydroxylation sites is 1. The minimum atomic E-state index is -0.244. The van der Waals surface area contributed by atoms with Crippen LogP contribution in [0.25, 0.3) is 11.0 Å². The van der Waals surface area contributed by atoms with Crippen LogP contribution < -0.4 is 4.74 Å². The third-order valence-electron chi connectivity index (χ3n) is 4.14. The molecular formula is C18H15ClN2O3. The minimum absolute atomic E-state index is 0.0301. The summed E-state index contributed by atoms with van der Waals surface area (Å²) in [5.41, 5.74) is 1.36. The van der Waals surface area contributed by atoms with Crippen molar-refractivity contribution < 1.29 is 14.6 Å². The van der Waals surface area contributed by atoms with E-state index in [1.54, 1.807) is 24.4 Å². The first-order chi connectivity index (χ1) is 11.6. The second kappa shape index (κ2) is 5.83. The first kappa shape index (κ1) is 15.0. The standard InChI is InChI=1S/C18H15ClN2O3/c19-11-6-13-14(8-21-18(13)20-7-11)16(23)12-2-1-3-15(22)17(12)24-9-10-4-5-10/h1-3,6-8,10,22H,4-5,9H2,(H,20,21). The number of benzene rings is 1. The molecule has 2 N–H and O–H groups in total. The Hall–Kier alpha value is -2.53. The number of ether oxygens (including phenoxy) is 1. The highest BCUT2D eigenvalue weighted by atomic mass is 35.5. The van der Waals surface area contributed by atoms with E-state index in [1.807, 2.05) is 0 Å². The summed E-state index contributed by atoms with van der Waals surface area (Å²) < 4.78 is 5.72. The zero-order valence-electron chi connectivity index (χ0n) is 12.8. The van der Waals surface area contributed by atoms with Gasteiger partial charge in [-0.05, 0) is 37.0 Å². The van der Waals surface area contributed by atoms with Crippen LogP contribution in [0.3, 0.4) is 0 Å². The molecule has 24 heavy (non-hydrogen) atoms. The van der Waals surface area contributed by atoms with Gasteiger partial charge in [-0.3, -0.25) is 4.79 Å². The Morgan fingerprint density at radius 1 is 1.38 bits per heavy atom. The lowest BCUT2D eigenvalue weighted by atomic mass is 10.0. The van der Waals surface area contributed by atoms with Crippen molar-refractivity contribution in [1.82, 2.24) is 9.97 Å². The Morgan fingerprint density at radius 2 is 2.21 bits per heavy atom. The van der Waals surface area contributed by atoms with Crippen molar-refractivity contribution in [2.45, 2.75) is 12.8 Å². The van der Waals surface area contributed by atoms with Crippen LogP contribution in [0.4, 0.5) is 0 Å². The molecule has 1 saturated carbocycles. The minimum Gasteiger partial charge on any atom is -0.504 e. The number of carbonyl (C=O) groups is 1. The van der Waals surface area contributed by atoms with Gasteiger partial charge in [0.1, 0.15) is 5.65 Å². The van der Waals surface area contributed by atoms with Gasteiger partial charge < -0.3 is 14.8 Å². The number of nitrogens with zero attached hydrogens (tertiary/aromatic N) is 1. The van der Waals surface area contributed by atoms with Gasteiger partial charge in [-0.2, -0.15) is 0 Å². The van der Waals surface area contributed by atoms with Crippen LogP contribution in [0.15, 0.2) is 36.7 Å². The van der Waals surface area contributed by atoms with Crippen LogP contribution in [0.1, 0.15) is 28.8 Å². The molecule has 2 heterocycles. The van der Waals surface area contributed by atoms with Gasteiger partial charge in [-0.25, -0.2) is 4.98 Å². The Labute approximate surface area is 143 Å². The first-order valence-electron chi connectivity index (χ1n) is 7.75. The number of pyridine rings is 1. The van der Waals surface area contributed by atoms with E-state index in [2.05, 4.69) is 9.97 Å². The van der Waals surface area contributed by atoms with Crippen LogP contribution in [-0.2, 0) is 0 Å². The van der Waals surface area contributed by atoms with Crippen molar-refractivity contribution in [3.63, 3.8) is 0 Å². The molecule has 0 atom stereocenters. The van der Waals surface area contributed by atoms with Gasteiger partial charge in [0.05, 0.1) is 17.2 Å². The molecule has 122 valence electrons. The normalized spacial score (nSPS) is 14.0. The maximum absolute atomic E-state index is 13.0. The number of H-pyrrole nitrogens is 1. The number of hydrogen-bond donors (Lipinski definition) is 2. The summed E-state index contributed by atoms with van der Waals surface area (Å²) in [4.78, 5) is 20.1. The molecule has 0 radical (unpaired) electrons. The van der Waals surface area contributed by atoms with Crippen LogP contribution in [0.2, 0.25) is 5.02 Å². The van der Waals surface area contributed by atoms with Crippen molar-refractivity contribution in [1.29, 1.82) is 0 Å². The van der Waals surface area contributed by atoms with Gasteiger partial charge in [0.2, 0.25) is 0 Å². The number of nitrogens with one attached hydrogen (secondary N) is 1. The summed E-state index contributed by atoms with van der Waals surface area (Å²) in [5.74, 6) is 0.479. The summed E-state index contributed by atoms with van der Waals surface area (Å²) in [6, 6.07) is 6.50. The molecule has 0 bridgehead atoms. The van der Waals surface area contributed by atoms with Gasteiger partial charge in [0.25, 0.3) is 0 Å². The quantitative estimate of drug-likeness (QED) is 0.689. The molecule has 0 amide bonds. The maximum atomic E-state index is 13.0. The van der Waals surface area contributed by atoms with E-state index in [-0.39, 0.29) is 17.3 Å². The second-order valence-corrected chi connectivity index (χ2v) is 6.43. The number of aromatic amines is 1. The third kappa shape index (κ3) is 2.71. The number of phenolic OH excluding ortho intramolecular Hbond substituents is 1. The Bertz CT molecular complexity index is 931. The molecule has 0 saturated heterocycles. The fourth-order valence-electron chi connectivity index (χ4n) is 2.65. The van der Waals surface area contributed by atoms with Gasteiger partial charge in [0, 0.05) is 23.3 Å². The topological polar surface area (TPSA) is 75.2 Å². The van der Waals surface area contributed by atoms with Gasteiger partial charge >= 0.3 is 0 Å². The summed E-state index contributed by atoms with van der Waals surface area (Å²) >= 11 is 5.99. The summed E-state index contributed by atoms with van der Waals surface area (Å²) in [7, 11) is 0. The van der Waals surface area contributed by atoms with E-state index >= 15 is 0 Å². The van der Waals surface area contributed by atoms with Crippen molar-refractivity contribution in [2.24, 2.45) is 5.92 Å². The van der Waals surface area contributed by atoms with Gasteiger partial charge in [0.15, 0.2) is 17.3 Å². The van der Waals surface area contributed by atoms with E-state index in [9.17, 15) is 9.90 Å². The number of fused-ring (bicyclic) bond motifs is 1. The highest BCUT2D eigenvalue weighted by Gasteiger charge is 2.25. The fourth-order valence-corrected chi connectivity index (χ4v) is 2.81. The van der Waals surface area contributed by atoms with Crippen molar-refractivity contribution in [3.8, 4) is 11.5 Å². The van der Waals surface area contributed by atoms with Crippen molar-refractivity contribution in [2.75, 3.05) is 6.61 Å². The maximum Gasteiger partial charge on any atom is 0.199 e. The van der Waals surface area contributed by atoms with Crippen molar-refractivity contribution in [3.05, 3.63) is 52.8 Å². The molecule has 1 aliphatic carbocycles. The van der Waals surface area contributed by atoms with E-state index in [0.29, 0.717) is 39.7 Å². The van der Waals surface area contributed by atoms with E-state index in [0.717, 1.165) is 12.8 Å². The van der Waals surface area contributed by atoms with E-state index in [1.165, 1.54) is 12.3 Å². The zero-order chi connectivity index (χ0) is 16.7. The molecule has 1 aromatic carbocycles. The van der Waals surface area contributed by atoms with E-state index < -0.39 is 0 Å². The van der Waals surface area contributed by atoms with Crippen LogP contribution in [0.5, 0.6) is 11.5 Å². The van der Waals surface area contributed by atoms with Crippen LogP contribution in [0, 0.1) is 5.92 Å². The fraction of sp³-hybridized carbons (Fsp3) is 0.222. The molecular weight excluding hydrogens is 328 g/mol. The lowest BCUT2D eigenvalue weighted by molar-refractivity contribution is 0.103. The first-order valence-corrected chi connectivity index (χ1v) is 8.13. The largest absolute Gasteiger partial charge is 0.504 e. The highest BCUT2D eigenvalue weighted by molar-refractivity contribution is 6.31. The van der Waals surface area contributed by atoms with Gasteiger partial charge in [-0.15, -0.1) is 0 Å². The molecule has 0 unspecified atom stereocenters. The van der Waals surface area contributed by atoms with Crippen molar-refractivity contribution >= 4 is 28.4 Å². The predicted octanol–water partition coefficient (Wildman–Crippen LogP) is 3.94. The summed E-state index contributed by atoms with van der Waals surface area (Å²) in [5, 5.41) is 11.2. The Morgan fingerprint density at radius 3 is 3.00 bits per heavy atom. The smallest absolute Gasteiger partial charge is 0.199 e. The average molecular weight is 343 g/mol. The zero-order valence-corrected chi connectivity index (χ0v) is 13.5. The molecule has 1 aliphatic rings. The third-order valence-corrected chi connectivity index (χ3v) is 4.35. The number of aromatic nitrogens is 2. The highest BCUT2D eigenvalue weighted by Crippen LogP contribution is 2.36. The number of phenols is 1. The number of hydrogen-bond acceptors (Lipinski definition) is 4. The number of halogens is 1. The number of ketones is 1. The molecule has 2 aromatic heterocycles. The summed E-state index contributed by atoms with van der Waals surface area (Å²) in [6.07, 6.45) is 5.38. The lowest BCUT2D eigenvalue weighted by Crippen LogP contribution is -2.07. The van der Waals surface area contributed by atoms with Crippen LogP contribution >= 0.6 is 11.6 Å². The molecule has 5 nitrogen and oxygen atoms in total. The predicted molar refractivity (Wildman–Crippen MR) is 90.9 cm³/mol. The average Bonchev–Trinajstić information content (AvgIpc) is 3.31. The van der Waals surface area contributed by atoms with Crippen LogP contribution in [-0.4, -0.2) is 27.5 Å². The summed E-state index contributed by atoms with van der Waals surface area (Å²) in [6.45, 7) is 0.513. The van der Waals surface area contributed by atoms with Gasteiger partial charge in [-0.1, -0.05) is 17.7 Å². The molecule has 1 fully saturated rings. The SMILES string of the molecule is O=C(c1cccc(O)c1OCC1CC1)c1c[nH]c2ncc(Cl)cc12. The lowest BCUT2D eigenvalue weighted by Gasteiger charge is -2.12. The molecule has 6 heteroatoms. The number of aromatic hydroxyl groups is 1. The van der Waals surface area contributed by atoms with E-state index in [4.69, 9.17) is 16.3 Å².